The molecule has 0 radical (unpaired) electrons. The second-order valence-corrected chi connectivity index (χ2v) is 4.73. The van der Waals surface area contributed by atoms with Crippen molar-refractivity contribution in [2.45, 2.75) is 19.9 Å². The Hall–Kier alpha value is -2.23. The molecule has 104 valence electrons. The summed E-state index contributed by atoms with van der Waals surface area (Å²) in [5.74, 6) is -1.45. The van der Waals surface area contributed by atoms with Crippen LogP contribution in [0.3, 0.4) is 0 Å². The molecule has 2 rings (SSSR count). The Morgan fingerprint density at radius 2 is 1.90 bits per heavy atom. The normalized spacial score (nSPS) is 12.0. The second kappa shape index (κ2) is 5.82. The molecule has 0 bridgehead atoms. The first kappa shape index (κ1) is 14.2. The minimum atomic E-state index is -0.561. The van der Waals surface area contributed by atoms with Crippen LogP contribution in [0.5, 0.6) is 0 Å². The minimum absolute atomic E-state index is 0.0150. The number of benzene rings is 2. The largest absolute Gasteiger partial charge is 0.345 e. The standard InChI is InChI=1S/C16H15F2NO/c1-10-6-7-14(15(18)8-10)16(20)19-11(2)12-4-3-5-13(17)9-12/h3-9,11H,1-2H3,(H,19,20). The number of rotatable bonds is 3. The van der Waals surface area contributed by atoms with E-state index < -0.39 is 17.8 Å². The summed E-state index contributed by atoms with van der Waals surface area (Å²) in [5, 5.41) is 2.65. The summed E-state index contributed by atoms with van der Waals surface area (Å²) in [6.07, 6.45) is 0. The van der Waals surface area contributed by atoms with Gasteiger partial charge in [-0.1, -0.05) is 18.2 Å². The average Bonchev–Trinajstić information content (AvgIpc) is 2.38. The molecule has 0 spiro atoms. The summed E-state index contributed by atoms with van der Waals surface area (Å²) in [6, 6.07) is 9.97. The molecule has 0 aromatic heterocycles. The molecule has 4 heteroatoms. The van der Waals surface area contributed by atoms with Gasteiger partial charge >= 0.3 is 0 Å². The summed E-state index contributed by atoms with van der Waals surface area (Å²) in [4.78, 5) is 12.0. The van der Waals surface area contributed by atoms with E-state index in [0.717, 1.165) is 5.56 Å². The molecule has 0 aliphatic rings. The van der Waals surface area contributed by atoms with Crippen molar-refractivity contribution >= 4 is 5.91 Å². The molecule has 1 unspecified atom stereocenters. The van der Waals surface area contributed by atoms with E-state index in [1.807, 2.05) is 0 Å². The highest BCUT2D eigenvalue weighted by Gasteiger charge is 2.15. The number of nitrogens with one attached hydrogen (secondary N) is 1. The van der Waals surface area contributed by atoms with Crippen LogP contribution in [-0.4, -0.2) is 5.91 Å². The van der Waals surface area contributed by atoms with Gasteiger partial charge in [-0.15, -0.1) is 0 Å². The number of carbonyl (C=O) groups excluding carboxylic acids is 1. The number of amides is 1. The van der Waals surface area contributed by atoms with Gasteiger partial charge in [-0.2, -0.15) is 0 Å². The van der Waals surface area contributed by atoms with Crippen molar-refractivity contribution in [3.8, 4) is 0 Å². The van der Waals surface area contributed by atoms with Crippen molar-refractivity contribution in [3.63, 3.8) is 0 Å². The third kappa shape index (κ3) is 3.20. The van der Waals surface area contributed by atoms with Gasteiger partial charge in [0, 0.05) is 0 Å². The molecule has 0 aliphatic carbocycles. The Kier molecular flexibility index (Phi) is 4.13. The quantitative estimate of drug-likeness (QED) is 0.907. The lowest BCUT2D eigenvalue weighted by molar-refractivity contribution is 0.0935. The van der Waals surface area contributed by atoms with Crippen LogP contribution in [0.25, 0.3) is 0 Å². The van der Waals surface area contributed by atoms with Crippen LogP contribution in [-0.2, 0) is 0 Å². The van der Waals surface area contributed by atoms with Gasteiger partial charge in [0.25, 0.3) is 5.91 Å². The molecule has 1 amide bonds. The molecular formula is C16H15F2NO. The van der Waals surface area contributed by atoms with E-state index in [0.29, 0.717) is 5.56 Å². The topological polar surface area (TPSA) is 29.1 Å². The summed E-state index contributed by atoms with van der Waals surface area (Å²) < 4.78 is 26.8. The van der Waals surface area contributed by atoms with Gasteiger partial charge < -0.3 is 5.32 Å². The molecule has 2 aromatic carbocycles. The lowest BCUT2D eigenvalue weighted by atomic mass is 10.1. The fraction of sp³-hybridized carbons (Fsp3) is 0.188. The summed E-state index contributed by atoms with van der Waals surface area (Å²) in [7, 11) is 0. The van der Waals surface area contributed by atoms with Crippen LogP contribution in [0.4, 0.5) is 8.78 Å². The van der Waals surface area contributed by atoms with Crippen LogP contribution < -0.4 is 5.32 Å². The van der Waals surface area contributed by atoms with Crippen molar-refractivity contribution in [2.24, 2.45) is 0 Å². The highest BCUT2D eigenvalue weighted by atomic mass is 19.1. The lowest BCUT2D eigenvalue weighted by Crippen LogP contribution is -2.27. The molecule has 0 fully saturated rings. The zero-order valence-corrected chi connectivity index (χ0v) is 11.3. The van der Waals surface area contributed by atoms with Gasteiger partial charge in [0.05, 0.1) is 11.6 Å². The molecule has 0 saturated carbocycles. The Bertz CT molecular complexity index is 640. The zero-order valence-electron chi connectivity index (χ0n) is 11.3. The molecule has 0 heterocycles. The Morgan fingerprint density at radius 3 is 2.55 bits per heavy atom. The zero-order chi connectivity index (χ0) is 14.7. The number of hydrogen-bond acceptors (Lipinski definition) is 1. The van der Waals surface area contributed by atoms with Gasteiger partial charge in [0.2, 0.25) is 0 Å². The lowest BCUT2D eigenvalue weighted by Gasteiger charge is -2.15. The van der Waals surface area contributed by atoms with Crippen molar-refractivity contribution in [1.82, 2.24) is 5.32 Å². The molecule has 1 atom stereocenters. The predicted octanol–water partition coefficient (Wildman–Crippen LogP) is 3.76. The molecule has 0 aliphatic heterocycles. The van der Waals surface area contributed by atoms with Crippen LogP contribution in [0, 0.1) is 18.6 Å². The number of carbonyl (C=O) groups is 1. The Labute approximate surface area is 116 Å². The van der Waals surface area contributed by atoms with E-state index in [1.54, 1.807) is 32.0 Å². The first-order valence-electron chi connectivity index (χ1n) is 6.30. The Morgan fingerprint density at radius 1 is 1.15 bits per heavy atom. The third-order valence-electron chi connectivity index (χ3n) is 3.07. The summed E-state index contributed by atoms with van der Waals surface area (Å²) >= 11 is 0. The maximum Gasteiger partial charge on any atom is 0.254 e. The predicted molar refractivity (Wildman–Crippen MR) is 73.4 cm³/mol. The van der Waals surface area contributed by atoms with Gasteiger partial charge in [0.15, 0.2) is 0 Å². The van der Waals surface area contributed by atoms with E-state index in [9.17, 15) is 13.6 Å². The van der Waals surface area contributed by atoms with Crippen LogP contribution in [0.15, 0.2) is 42.5 Å². The molecule has 0 saturated heterocycles. The molecule has 1 N–H and O–H groups in total. The summed E-state index contributed by atoms with van der Waals surface area (Å²) in [5.41, 5.74) is 1.36. The van der Waals surface area contributed by atoms with Crippen molar-refractivity contribution in [3.05, 3.63) is 70.8 Å². The fourth-order valence-corrected chi connectivity index (χ4v) is 1.94. The number of halogens is 2. The van der Waals surface area contributed by atoms with Gasteiger partial charge in [-0.25, -0.2) is 8.78 Å². The molecular weight excluding hydrogens is 260 g/mol. The van der Waals surface area contributed by atoms with Crippen molar-refractivity contribution in [2.75, 3.05) is 0 Å². The second-order valence-electron chi connectivity index (χ2n) is 4.73. The van der Waals surface area contributed by atoms with Gasteiger partial charge in [-0.3, -0.25) is 4.79 Å². The van der Waals surface area contributed by atoms with Gasteiger partial charge in [-0.05, 0) is 49.2 Å². The van der Waals surface area contributed by atoms with Crippen LogP contribution in [0.1, 0.15) is 34.5 Å². The molecule has 2 nitrogen and oxygen atoms in total. The average molecular weight is 275 g/mol. The van der Waals surface area contributed by atoms with E-state index in [-0.39, 0.29) is 11.4 Å². The Balaban J connectivity index is 2.15. The maximum absolute atomic E-state index is 13.7. The first-order chi connectivity index (χ1) is 9.47. The van der Waals surface area contributed by atoms with Crippen molar-refractivity contribution in [1.29, 1.82) is 0 Å². The number of hydrogen-bond donors (Lipinski definition) is 1. The third-order valence-corrected chi connectivity index (χ3v) is 3.07. The van der Waals surface area contributed by atoms with Crippen molar-refractivity contribution < 1.29 is 13.6 Å². The summed E-state index contributed by atoms with van der Waals surface area (Å²) in [6.45, 7) is 3.47. The smallest absolute Gasteiger partial charge is 0.254 e. The van der Waals surface area contributed by atoms with Gasteiger partial charge in [0.1, 0.15) is 11.6 Å². The monoisotopic (exact) mass is 275 g/mol. The van der Waals surface area contributed by atoms with E-state index in [4.69, 9.17) is 0 Å². The number of aryl methyl sites for hydroxylation is 1. The fourth-order valence-electron chi connectivity index (χ4n) is 1.94. The maximum atomic E-state index is 13.7. The van der Waals surface area contributed by atoms with E-state index >= 15 is 0 Å². The SMILES string of the molecule is Cc1ccc(C(=O)NC(C)c2cccc(F)c2)c(F)c1. The highest BCUT2D eigenvalue weighted by molar-refractivity contribution is 5.94. The minimum Gasteiger partial charge on any atom is -0.345 e. The van der Waals surface area contributed by atoms with Crippen LogP contribution in [0.2, 0.25) is 0 Å². The molecule has 20 heavy (non-hydrogen) atoms. The molecule has 2 aromatic rings. The van der Waals surface area contributed by atoms with E-state index in [1.165, 1.54) is 24.3 Å². The van der Waals surface area contributed by atoms with Crippen LogP contribution >= 0.6 is 0 Å². The van der Waals surface area contributed by atoms with E-state index in [2.05, 4.69) is 5.32 Å². The highest BCUT2D eigenvalue weighted by Crippen LogP contribution is 2.16. The first-order valence-corrected chi connectivity index (χ1v) is 6.30.